The predicted octanol–water partition coefficient (Wildman–Crippen LogP) is 3.90. The number of halogens is 2. The maximum atomic E-state index is 13.7. The zero-order valence-corrected chi connectivity index (χ0v) is 12.4. The Morgan fingerprint density at radius 1 is 1.25 bits per heavy atom. The Morgan fingerprint density at radius 3 is 2.50 bits per heavy atom. The second-order valence-corrected chi connectivity index (χ2v) is 5.47. The standard InChI is InChI=1S/C16H23F2NO/c1-4-16(5-2)14(19-6-3)10-15(16)20-13-8-7-11(17)9-12(13)18/h7-9,14-15,19H,4-6,10H2,1-3H3. The van der Waals surface area contributed by atoms with Crippen LogP contribution in [0.5, 0.6) is 5.75 Å². The van der Waals surface area contributed by atoms with E-state index < -0.39 is 11.6 Å². The number of hydrogen-bond donors (Lipinski definition) is 1. The molecular formula is C16H23F2NO. The van der Waals surface area contributed by atoms with Crippen molar-refractivity contribution in [1.82, 2.24) is 5.32 Å². The van der Waals surface area contributed by atoms with E-state index in [2.05, 4.69) is 26.1 Å². The Morgan fingerprint density at radius 2 is 1.95 bits per heavy atom. The van der Waals surface area contributed by atoms with Gasteiger partial charge in [0.2, 0.25) is 0 Å². The fourth-order valence-corrected chi connectivity index (χ4v) is 3.37. The first kappa shape index (κ1) is 15.2. The van der Waals surface area contributed by atoms with Gasteiger partial charge < -0.3 is 10.1 Å². The van der Waals surface area contributed by atoms with Crippen molar-refractivity contribution in [2.24, 2.45) is 5.41 Å². The summed E-state index contributed by atoms with van der Waals surface area (Å²) in [5.74, 6) is -1.05. The molecule has 0 heterocycles. The van der Waals surface area contributed by atoms with Gasteiger partial charge in [-0.3, -0.25) is 0 Å². The van der Waals surface area contributed by atoms with Gasteiger partial charge in [0.1, 0.15) is 11.9 Å². The van der Waals surface area contributed by atoms with Crippen LogP contribution in [0.25, 0.3) is 0 Å². The molecule has 4 heteroatoms. The van der Waals surface area contributed by atoms with Crippen LogP contribution < -0.4 is 10.1 Å². The average molecular weight is 283 g/mol. The Bertz CT molecular complexity index is 460. The molecule has 1 aromatic rings. The molecule has 0 amide bonds. The third-order valence-corrected chi connectivity index (χ3v) is 4.72. The molecule has 112 valence electrons. The highest BCUT2D eigenvalue weighted by Crippen LogP contribution is 2.49. The van der Waals surface area contributed by atoms with Crippen LogP contribution in [0.15, 0.2) is 18.2 Å². The fraction of sp³-hybridized carbons (Fsp3) is 0.625. The summed E-state index contributed by atoms with van der Waals surface area (Å²) in [5.41, 5.74) is 0.0385. The smallest absolute Gasteiger partial charge is 0.167 e. The SMILES string of the molecule is CCNC1CC(Oc2ccc(F)cc2F)C1(CC)CC. The van der Waals surface area contributed by atoms with E-state index in [0.29, 0.717) is 6.04 Å². The molecular weight excluding hydrogens is 260 g/mol. The summed E-state index contributed by atoms with van der Waals surface area (Å²) in [6, 6.07) is 3.89. The Balaban J connectivity index is 2.13. The van der Waals surface area contributed by atoms with Crippen molar-refractivity contribution in [3.8, 4) is 5.75 Å². The molecule has 2 atom stereocenters. The monoisotopic (exact) mass is 283 g/mol. The summed E-state index contributed by atoms with van der Waals surface area (Å²) < 4.78 is 32.4. The van der Waals surface area contributed by atoms with Gasteiger partial charge in [-0.15, -0.1) is 0 Å². The van der Waals surface area contributed by atoms with Crippen LogP contribution in [0.4, 0.5) is 8.78 Å². The molecule has 2 unspecified atom stereocenters. The van der Waals surface area contributed by atoms with Gasteiger partial charge in [0.15, 0.2) is 11.6 Å². The van der Waals surface area contributed by atoms with Gasteiger partial charge in [-0.05, 0) is 31.5 Å². The molecule has 20 heavy (non-hydrogen) atoms. The second kappa shape index (κ2) is 6.08. The van der Waals surface area contributed by atoms with Gasteiger partial charge in [-0.2, -0.15) is 0 Å². The molecule has 0 saturated heterocycles. The molecule has 1 aromatic carbocycles. The van der Waals surface area contributed by atoms with Gasteiger partial charge in [0.25, 0.3) is 0 Å². The summed E-state index contributed by atoms with van der Waals surface area (Å²) in [6.07, 6.45) is 2.82. The molecule has 0 aromatic heterocycles. The third kappa shape index (κ3) is 2.53. The first-order valence-corrected chi connectivity index (χ1v) is 7.42. The average Bonchev–Trinajstić information content (AvgIpc) is 2.41. The highest BCUT2D eigenvalue weighted by atomic mass is 19.1. The maximum absolute atomic E-state index is 13.7. The molecule has 2 nitrogen and oxygen atoms in total. The summed E-state index contributed by atoms with van der Waals surface area (Å²) in [4.78, 5) is 0. The van der Waals surface area contributed by atoms with Crippen molar-refractivity contribution in [2.75, 3.05) is 6.54 Å². The van der Waals surface area contributed by atoms with E-state index in [1.165, 1.54) is 12.1 Å². The largest absolute Gasteiger partial charge is 0.487 e. The molecule has 0 bridgehead atoms. The molecule has 0 radical (unpaired) electrons. The fourth-order valence-electron chi connectivity index (χ4n) is 3.37. The first-order chi connectivity index (χ1) is 9.57. The molecule has 1 N–H and O–H groups in total. The lowest BCUT2D eigenvalue weighted by Crippen LogP contribution is -2.64. The number of nitrogens with one attached hydrogen (secondary N) is 1. The zero-order valence-electron chi connectivity index (χ0n) is 12.4. The number of benzene rings is 1. The van der Waals surface area contributed by atoms with E-state index >= 15 is 0 Å². The number of rotatable bonds is 6. The molecule has 0 aliphatic heterocycles. The van der Waals surface area contributed by atoms with Crippen molar-refractivity contribution >= 4 is 0 Å². The highest BCUT2D eigenvalue weighted by Gasteiger charge is 2.54. The third-order valence-electron chi connectivity index (χ3n) is 4.72. The predicted molar refractivity (Wildman–Crippen MR) is 75.9 cm³/mol. The topological polar surface area (TPSA) is 21.3 Å². The minimum absolute atomic E-state index is 0.0125. The van der Waals surface area contributed by atoms with Crippen molar-refractivity contribution in [1.29, 1.82) is 0 Å². The zero-order chi connectivity index (χ0) is 14.8. The van der Waals surface area contributed by atoms with Gasteiger partial charge in [-0.1, -0.05) is 20.8 Å². The van der Waals surface area contributed by atoms with Crippen molar-refractivity contribution in [3.63, 3.8) is 0 Å². The molecule has 1 aliphatic carbocycles. The van der Waals surface area contributed by atoms with E-state index in [-0.39, 0.29) is 17.3 Å². The number of ether oxygens (including phenoxy) is 1. The second-order valence-electron chi connectivity index (χ2n) is 5.47. The van der Waals surface area contributed by atoms with Gasteiger partial charge >= 0.3 is 0 Å². The van der Waals surface area contributed by atoms with E-state index in [1.54, 1.807) is 0 Å². The molecule has 1 saturated carbocycles. The van der Waals surface area contributed by atoms with Crippen LogP contribution in [0.2, 0.25) is 0 Å². The van der Waals surface area contributed by atoms with Gasteiger partial charge in [0, 0.05) is 23.9 Å². The summed E-state index contributed by atoms with van der Waals surface area (Å²) in [5, 5.41) is 3.48. The molecule has 2 rings (SSSR count). The van der Waals surface area contributed by atoms with Crippen LogP contribution in [-0.4, -0.2) is 18.7 Å². The minimum Gasteiger partial charge on any atom is -0.487 e. The Hall–Kier alpha value is -1.16. The van der Waals surface area contributed by atoms with E-state index in [4.69, 9.17) is 4.74 Å². The van der Waals surface area contributed by atoms with Gasteiger partial charge in [-0.25, -0.2) is 8.78 Å². The Labute approximate surface area is 119 Å². The van der Waals surface area contributed by atoms with Crippen LogP contribution in [-0.2, 0) is 0 Å². The lowest BCUT2D eigenvalue weighted by molar-refractivity contribution is -0.0868. The molecule has 1 fully saturated rings. The van der Waals surface area contributed by atoms with Crippen LogP contribution in [0, 0.1) is 17.0 Å². The number of hydrogen-bond acceptors (Lipinski definition) is 2. The summed E-state index contributed by atoms with van der Waals surface area (Å²) in [7, 11) is 0. The summed E-state index contributed by atoms with van der Waals surface area (Å²) in [6.45, 7) is 7.29. The summed E-state index contributed by atoms with van der Waals surface area (Å²) >= 11 is 0. The van der Waals surface area contributed by atoms with Crippen molar-refractivity contribution in [2.45, 2.75) is 52.2 Å². The molecule has 1 aliphatic rings. The quantitative estimate of drug-likeness (QED) is 0.855. The molecule has 0 spiro atoms. The highest BCUT2D eigenvalue weighted by molar-refractivity contribution is 5.26. The van der Waals surface area contributed by atoms with Crippen molar-refractivity contribution in [3.05, 3.63) is 29.8 Å². The normalized spacial score (nSPS) is 24.2. The van der Waals surface area contributed by atoms with Crippen LogP contribution in [0.1, 0.15) is 40.0 Å². The first-order valence-electron chi connectivity index (χ1n) is 7.42. The lowest BCUT2D eigenvalue weighted by Gasteiger charge is -2.55. The Kier molecular flexibility index (Phi) is 4.63. The van der Waals surface area contributed by atoms with E-state index in [9.17, 15) is 8.78 Å². The minimum atomic E-state index is -0.627. The lowest BCUT2D eigenvalue weighted by atomic mass is 9.58. The van der Waals surface area contributed by atoms with Gasteiger partial charge in [0.05, 0.1) is 0 Å². The van der Waals surface area contributed by atoms with E-state index in [1.807, 2.05) is 0 Å². The van der Waals surface area contributed by atoms with Crippen LogP contribution in [0.3, 0.4) is 0 Å². The van der Waals surface area contributed by atoms with Crippen molar-refractivity contribution < 1.29 is 13.5 Å². The van der Waals surface area contributed by atoms with E-state index in [0.717, 1.165) is 31.9 Å². The van der Waals surface area contributed by atoms with Crippen LogP contribution >= 0.6 is 0 Å². The maximum Gasteiger partial charge on any atom is 0.167 e.